The lowest BCUT2D eigenvalue weighted by Crippen LogP contribution is -2.50. The number of hydrogen-bond acceptors (Lipinski definition) is 3. The van der Waals surface area contributed by atoms with Crippen LogP contribution in [0.4, 0.5) is 0 Å². The fourth-order valence-corrected chi connectivity index (χ4v) is 5.40. The highest BCUT2D eigenvalue weighted by atomic mass is 32.2. The van der Waals surface area contributed by atoms with Crippen molar-refractivity contribution in [1.82, 2.24) is 9.21 Å². The SMILES string of the molecule is Cc1ccc(C(=O)N2CCCC(N(C3CCC3)S(C)(=O)=O)CC2)cc1. The first-order valence-corrected chi connectivity index (χ1v) is 11.1. The zero-order valence-electron chi connectivity index (χ0n) is 15.1. The summed E-state index contributed by atoms with van der Waals surface area (Å²) in [5.74, 6) is 0.0511. The number of amides is 1. The van der Waals surface area contributed by atoms with Crippen LogP contribution in [-0.2, 0) is 10.0 Å². The molecule has 2 fully saturated rings. The smallest absolute Gasteiger partial charge is 0.253 e. The van der Waals surface area contributed by atoms with Crippen molar-refractivity contribution in [3.05, 3.63) is 35.4 Å². The minimum absolute atomic E-state index is 0.0242. The van der Waals surface area contributed by atoms with Crippen molar-refractivity contribution < 1.29 is 13.2 Å². The Hall–Kier alpha value is -1.40. The summed E-state index contributed by atoms with van der Waals surface area (Å²) >= 11 is 0. The van der Waals surface area contributed by atoms with E-state index in [1.807, 2.05) is 36.1 Å². The van der Waals surface area contributed by atoms with Crippen LogP contribution in [0, 0.1) is 6.92 Å². The summed E-state index contributed by atoms with van der Waals surface area (Å²) in [7, 11) is -3.21. The zero-order chi connectivity index (χ0) is 18.0. The van der Waals surface area contributed by atoms with Crippen LogP contribution in [0.15, 0.2) is 24.3 Å². The molecule has 0 radical (unpaired) electrons. The quantitative estimate of drug-likeness (QED) is 0.825. The number of aryl methyl sites for hydroxylation is 1. The minimum atomic E-state index is -3.21. The second kappa shape index (κ2) is 7.46. The van der Waals surface area contributed by atoms with E-state index in [0.717, 1.165) is 44.1 Å². The lowest BCUT2D eigenvalue weighted by molar-refractivity contribution is 0.0757. The Bertz CT molecular complexity index is 711. The van der Waals surface area contributed by atoms with E-state index in [2.05, 4.69) is 0 Å². The van der Waals surface area contributed by atoms with Gasteiger partial charge in [0.05, 0.1) is 6.26 Å². The van der Waals surface area contributed by atoms with Crippen LogP contribution in [0.3, 0.4) is 0 Å². The topological polar surface area (TPSA) is 57.7 Å². The van der Waals surface area contributed by atoms with Crippen LogP contribution in [0.2, 0.25) is 0 Å². The molecule has 1 aliphatic carbocycles. The molecule has 1 aromatic carbocycles. The maximum Gasteiger partial charge on any atom is 0.253 e. The average molecular weight is 365 g/mol. The summed E-state index contributed by atoms with van der Waals surface area (Å²) < 4.78 is 26.3. The van der Waals surface area contributed by atoms with Gasteiger partial charge in [-0.15, -0.1) is 0 Å². The Morgan fingerprint density at radius 2 is 1.60 bits per heavy atom. The second-order valence-corrected chi connectivity index (χ2v) is 9.31. The highest BCUT2D eigenvalue weighted by molar-refractivity contribution is 7.88. The summed E-state index contributed by atoms with van der Waals surface area (Å²) in [4.78, 5) is 14.6. The molecule has 1 aromatic rings. The molecule has 1 saturated heterocycles. The second-order valence-electron chi connectivity index (χ2n) is 7.42. The van der Waals surface area contributed by atoms with E-state index in [-0.39, 0.29) is 18.0 Å². The third-order valence-corrected chi connectivity index (χ3v) is 6.82. The molecule has 1 amide bonds. The van der Waals surface area contributed by atoms with Gasteiger partial charge in [-0.1, -0.05) is 24.1 Å². The Morgan fingerprint density at radius 3 is 2.16 bits per heavy atom. The molecule has 25 heavy (non-hydrogen) atoms. The van der Waals surface area contributed by atoms with Crippen molar-refractivity contribution in [1.29, 1.82) is 0 Å². The van der Waals surface area contributed by atoms with Crippen molar-refractivity contribution in [3.63, 3.8) is 0 Å². The molecular formula is C19H28N2O3S. The first-order chi connectivity index (χ1) is 11.9. The molecule has 5 nitrogen and oxygen atoms in total. The predicted molar refractivity (Wildman–Crippen MR) is 99.0 cm³/mol. The van der Waals surface area contributed by atoms with Gasteiger partial charge in [-0.3, -0.25) is 4.79 Å². The third-order valence-electron chi connectivity index (χ3n) is 5.46. The Morgan fingerprint density at radius 1 is 1.00 bits per heavy atom. The van der Waals surface area contributed by atoms with Gasteiger partial charge in [0, 0.05) is 30.7 Å². The first-order valence-electron chi connectivity index (χ1n) is 9.21. The van der Waals surface area contributed by atoms with Gasteiger partial charge in [-0.05, 0) is 51.2 Å². The van der Waals surface area contributed by atoms with Crippen molar-refractivity contribution in [2.75, 3.05) is 19.3 Å². The highest BCUT2D eigenvalue weighted by Crippen LogP contribution is 2.32. The molecule has 1 atom stereocenters. The van der Waals surface area contributed by atoms with E-state index >= 15 is 0 Å². The molecule has 1 saturated carbocycles. The lowest BCUT2D eigenvalue weighted by atomic mass is 9.91. The molecule has 2 aliphatic rings. The van der Waals surface area contributed by atoms with Crippen molar-refractivity contribution in [3.8, 4) is 0 Å². The van der Waals surface area contributed by atoms with Gasteiger partial charge < -0.3 is 4.90 Å². The van der Waals surface area contributed by atoms with Gasteiger partial charge >= 0.3 is 0 Å². The number of benzene rings is 1. The van der Waals surface area contributed by atoms with Crippen LogP contribution in [-0.4, -0.2) is 55.0 Å². The van der Waals surface area contributed by atoms with Crippen LogP contribution < -0.4 is 0 Å². The van der Waals surface area contributed by atoms with Crippen LogP contribution in [0.5, 0.6) is 0 Å². The average Bonchev–Trinajstić information content (AvgIpc) is 2.75. The summed E-state index contributed by atoms with van der Waals surface area (Å²) in [6.07, 6.45) is 6.78. The molecule has 0 aromatic heterocycles. The zero-order valence-corrected chi connectivity index (χ0v) is 16.0. The molecule has 1 unspecified atom stereocenters. The standard InChI is InChI=1S/C19H28N2O3S/c1-15-8-10-16(11-9-15)19(22)20-13-4-7-18(12-14-20)21(25(2,23)24)17-5-3-6-17/h8-11,17-18H,3-7,12-14H2,1-2H3. The van der Waals surface area contributed by atoms with Crippen molar-refractivity contribution in [2.45, 2.75) is 57.5 Å². The third kappa shape index (κ3) is 4.23. The first kappa shape index (κ1) is 18.4. The maximum atomic E-state index is 12.7. The molecule has 3 rings (SSSR count). The molecule has 6 heteroatoms. The molecule has 1 aliphatic heterocycles. The fraction of sp³-hybridized carbons (Fsp3) is 0.632. The lowest BCUT2D eigenvalue weighted by Gasteiger charge is -2.40. The van der Waals surface area contributed by atoms with Crippen LogP contribution >= 0.6 is 0 Å². The number of nitrogens with zero attached hydrogens (tertiary/aromatic N) is 2. The predicted octanol–water partition coefficient (Wildman–Crippen LogP) is 2.80. The number of carbonyl (C=O) groups excluding carboxylic acids is 1. The van der Waals surface area contributed by atoms with Gasteiger partial charge in [-0.25, -0.2) is 8.42 Å². The van der Waals surface area contributed by atoms with Gasteiger partial charge in [0.15, 0.2) is 0 Å². The van der Waals surface area contributed by atoms with Crippen molar-refractivity contribution >= 4 is 15.9 Å². The number of carbonyl (C=O) groups is 1. The minimum Gasteiger partial charge on any atom is -0.339 e. The molecule has 0 bridgehead atoms. The maximum absolute atomic E-state index is 12.7. The molecule has 0 N–H and O–H groups in total. The molecule has 0 spiro atoms. The van der Waals surface area contributed by atoms with Crippen LogP contribution in [0.1, 0.15) is 54.4 Å². The molecular weight excluding hydrogens is 336 g/mol. The largest absolute Gasteiger partial charge is 0.339 e. The van der Waals surface area contributed by atoms with Gasteiger partial charge in [0.1, 0.15) is 0 Å². The van der Waals surface area contributed by atoms with E-state index in [9.17, 15) is 13.2 Å². The van der Waals surface area contributed by atoms with E-state index in [1.165, 1.54) is 6.26 Å². The summed E-state index contributed by atoms with van der Waals surface area (Å²) in [6, 6.07) is 7.84. The summed E-state index contributed by atoms with van der Waals surface area (Å²) in [5, 5.41) is 0. The van der Waals surface area contributed by atoms with E-state index in [1.54, 1.807) is 4.31 Å². The number of hydrogen-bond donors (Lipinski definition) is 0. The Labute approximate surface area is 151 Å². The number of rotatable bonds is 4. The Balaban J connectivity index is 1.69. The van der Waals surface area contributed by atoms with Gasteiger partial charge in [0.25, 0.3) is 5.91 Å². The molecule has 1 heterocycles. The monoisotopic (exact) mass is 364 g/mol. The van der Waals surface area contributed by atoms with E-state index in [4.69, 9.17) is 0 Å². The van der Waals surface area contributed by atoms with Crippen molar-refractivity contribution in [2.24, 2.45) is 0 Å². The fourth-order valence-electron chi connectivity index (χ4n) is 3.90. The summed E-state index contributed by atoms with van der Waals surface area (Å²) in [5.41, 5.74) is 1.85. The van der Waals surface area contributed by atoms with Crippen LogP contribution in [0.25, 0.3) is 0 Å². The summed E-state index contributed by atoms with van der Waals surface area (Å²) in [6.45, 7) is 3.33. The Kier molecular flexibility index (Phi) is 5.49. The highest BCUT2D eigenvalue weighted by Gasteiger charge is 2.37. The number of likely N-dealkylation sites (tertiary alicyclic amines) is 1. The number of sulfonamides is 1. The molecule has 138 valence electrons. The van der Waals surface area contributed by atoms with E-state index in [0.29, 0.717) is 18.7 Å². The van der Waals surface area contributed by atoms with Gasteiger partial charge in [0.2, 0.25) is 10.0 Å². The van der Waals surface area contributed by atoms with E-state index < -0.39 is 10.0 Å². The normalized spacial score (nSPS) is 22.5. The van der Waals surface area contributed by atoms with Gasteiger partial charge in [-0.2, -0.15) is 4.31 Å².